The second-order valence-corrected chi connectivity index (χ2v) is 0.283. The van der Waals surface area contributed by atoms with Crippen LogP contribution in [-0.4, -0.2) is 28.5 Å². The quantitative estimate of drug-likeness (QED) is 0.213. The molecule has 0 atom stereocenters. The van der Waals surface area contributed by atoms with Gasteiger partial charge in [-0.3, -0.25) is 0 Å². The van der Waals surface area contributed by atoms with Gasteiger partial charge in [0.05, 0.1) is 0 Å². The van der Waals surface area contributed by atoms with Crippen LogP contribution >= 0.6 is 0 Å². The molecule has 0 amide bonds. The Kier molecular flexibility index (Phi) is 310. The van der Waals surface area contributed by atoms with E-state index in [0.29, 0.717) is 0 Å². The molecular weight excluding hydrogens is 96.0 g/mol. The van der Waals surface area contributed by atoms with Gasteiger partial charge in [0.2, 0.25) is 13.4 Å². The molecule has 0 rings (SSSR count). The molecule has 0 aliphatic rings. The molecular formula is C2H6N4O. The summed E-state index contributed by atoms with van der Waals surface area (Å²) in [6, 6.07) is 0. The first kappa shape index (κ1) is 17.2. The molecule has 5 heteroatoms. The van der Waals surface area contributed by atoms with E-state index in [2.05, 4.69) is 23.0 Å². The lowest BCUT2D eigenvalue weighted by Crippen LogP contribution is -1.21. The summed E-state index contributed by atoms with van der Waals surface area (Å²) in [6.07, 6.45) is 0. The van der Waals surface area contributed by atoms with E-state index in [9.17, 15) is 0 Å². The molecule has 0 aromatic heterocycles. The predicted molar refractivity (Wildman–Crippen MR) is 25.1 cm³/mol. The third-order valence-corrected chi connectivity index (χ3v) is 0. The van der Waals surface area contributed by atoms with Gasteiger partial charge in [0.1, 0.15) is 0 Å². The van der Waals surface area contributed by atoms with E-state index in [-0.39, 0.29) is 5.48 Å². The molecule has 0 aromatic carbocycles. The smallest absolute Gasteiger partial charge is 0.245 e. The van der Waals surface area contributed by atoms with Gasteiger partial charge in [0.15, 0.2) is 0 Å². The van der Waals surface area contributed by atoms with Crippen molar-refractivity contribution in [3.63, 3.8) is 0 Å². The van der Waals surface area contributed by atoms with Crippen molar-refractivity contribution < 1.29 is 15.1 Å². The maximum atomic E-state index is 7.08. The van der Waals surface area contributed by atoms with Gasteiger partial charge in [-0.25, -0.2) is 0 Å². The van der Waals surface area contributed by atoms with E-state index in [0.717, 1.165) is 0 Å². The molecule has 0 fully saturated rings. The van der Waals surface area contributed by atoms with Gasteiger partial charge in [0.25, 0.3) is 0 Å². The standard InChI is InChI=1S/2CH2N2.H2O/c2*1-3-2;/h2*1H2;1H2. The first-order valence-electron chi connectivity index (χ1n) is 1.03. The van der Waals surface area contributed by atoms with Crippen molar-refractivity contribution in [3.05, 3.63) is 11.1 Å². The van der Waals surface area contributed by atoms with Gasteiger partial charge in [-0.05, 0) is 0 Å². The molecule has 0 aliphatic carbocycles. The molecule has 0 saturated carbocycles. The Morgan fingerprint density at radius 2 is 1.00 bits per heavy atom. The summed E-state index contributed by atoms with van der Waals surface area (Å²) in [7, 11) is 0. The van der Waals surface area contributed by atoms with E-state index in [4.69, 9.17) is 11.1 Å². The summed E-state index contributed by atoms with van der Waals surface area (Å²) in [5.41, 5.74) is 14.2. The zero-order valence-electron chi connectivity index (χ0n) is 3.70. The number of hydrogen-bond acceptors (Lipinski definition) is 0. The molecule has 0 unspecified atom stereocenters. The van der Waals surface area contributed by atoms with Gasteiger partial charge in [-0.2, -0.15) is 9.58 Å². The zero-order valence-corrected chi connectivity index (χ0v) is 3.70. The maximum absolute atomic E-state index is 7.08. The maximum Gasteiger partial charge on any atom is 0.245 e. The van der Waals surface area contributed by atoms with Crippen molar-refractivity contribution in [1.82, 2.24) is 0 Å². The molecule has 0 aliphatic heterocycles. The highest BCUT2D eigenvalue weighted by Crippen LogP contribution is 0.904. The highest BCUT2D eigenvalue weighted by molar-refractivity contribution is 5.12. The van der Waals surface area contributed by atoms with Crippen LogP contribution in [0.1, 0.15) is 0 Å². The Morgan fingerprint density at radius 1 is 1.00 bits per heavy atom. The Balaban J connectivity index is -0.0000000400. The molecule has 5 nitrogen and oxygen atoms in total. The summed E-state index contributed by atoms with van der Waals surface area (Å²) in [5.74, 6) is 0. The third-order valence-electron chi connectivity index (χ3n) is 0. The highest BCUT2D eigenvalue weighted by Gasteiger charge is 0.935. The number of hydrogen-bond donors (Lipinski definition) is 0. The van der Waals surface area contributed by atoms with Crippen LogP contribution in [-0.2, 0) is 0 Å². The first-order chi connectivity index (χ1) is 2.83. The van der Waals surface area contributed by atoms with Crippen molar-refractivity contribution in [1.29, 1.82) is 0 Å². The summed E-state index contributed by atoms with van der Waals surface area (Å²) in [5, 5.41) is 0. The van der Waals surface area contributed by atoms with Crippen molar-refractivity contribution in [2.45, 2.75) is 0 Å². The van der Waals surface area contributed by atoms with Crippen molar-refractivity contribution in [2.75, 3.05) is 0 Å². The second kappa shape index (κ2) is 126. The minimum atomic E-state index is 0. The molecule has 0 aromatic rings. The van der Waals surface area contributed by atoms with Crippen molar-refractivity contribution in [3.8, 4) is 0 Å². The molecule has 0 bridgehead atoms. The second-order valence-electron chi connectivity index (χ2n) is 0.283. The largest absolute Gasteiger partial charge is 0.412 e. The monoisotopic (exact) mass is 102 g/mol. The lowest BCUT2D eigenvalue weighted by atomic mass is 11.8. The van der Waals surface area contributed by atoms with Crippen molar-refractivity contribution in [2.24, 2.45) is 0 Å². The summed E-state index contributed by atoms with van der Waals surface area (Å²) in [4.78, 5) is 4.50. The van der Waals surface area contributed by atoms with Crippen LogP contribution in [0, 0.1) is 0 Å². The molecule has 40 valence electrons. The summed E-state index contributed by atoms with van der Waals surface area (Å²) >= 11 is 0. The Bertz CT molecular complexity index is 63.7. The molecule has 0 spiro atoms. The molecule has 2 N–H and O–H groups in total. The SMILES string of the molecule is C=[N+]=[N-].C=[N+]=[N-].O. The van der Waals surface area contributed by atoms with Crippen LogP contribution in [0.4, 0.5) is 0 Å². The van der Waals surface area contributed by atoms with E-state index in [1.54, 1.807) is 0 Å². The van der Waals surface area contributed by atoms with Gasteiger partial charge in [-0.1, -0.05) is 0 Å². The van der Waals surface area contributed by atoms with Gasteiger partial charge in [0, 0.05) is 0 Å². The van der Waals surface area contributed by atoms with E-state index in [1.165, 1.54) is 0 Å². The Labute approximate surface area is 40.8 Å². The van der Waals surface area contributed by atoms with Crippen LogP contribution in [0.2, 0.25) is 0 Å². The normalized spacial score (nSPS) is 2.29. The van der Waals surface area contributed by atoms with Crippen LogP contribution in [0.3, 0.4) is 0 Å². The average molecular weight is 102 g/mol. The fourth-order valence-electron chi connectivity index (χ4n) is 0. The summed E-state index contributed by atoms with van der Waals surface area (Å²) < 4.78 is 0. The van der Waals surface area contributed by atoms with Crippen LogP contribution in [0.15, 0.2) is 0 Å². The van der Waals surface area contributed by atoms with Crippen LogP contribution < -0.4 is 0 Å². The van der Waals surface area contributed by atoms with E-state index >= 15 is 0 Å². The average Bonchev–Trinajstić information content (AvgIpc) is 1.39. The number of nitrogens with zero attached hydrogens (tertiary/aromatic N) is 4. The van der Waals surface area contributed by atoms with Crippen LogP contribution in [0.25, 0.3) is 11.1 Å². The molecule has 0 saturated heterocycles. The fourth-order valence-corrected chi connectivity index (χ4v) is 0. The third kappa shape index (κ3) is 21.3. The molecule has 7 heavy (non-hydrogen) atoms. The van der Waals surface area contributed by atoms with Gasteiger partial charge in [-0.15, -0.1) is 0 Å². The highest BCUT2D eigenvalue weighted by atomic mass is 16.0. The Hall–Kier alpha value is -1.28. The molecule has 0 radical (unpaired) electrons. The van der Waals surface area contributed by atoms with Crippen molar-refractivity contribution >= 4 is 13.4 Å². The topological polar surface area (TPSA) is 104 Å². The Morgan fingerprint density at radius 3 is 1.00 bits per heavy atom. The van der Waals surface area contributed by atoms with Gasteiger partial charge < -0.3 is 16.5 Å². The fraction of sp³-hybridized carbons (Fsp3) is 0. The lowest BCUT2D eigenvalue weighted by molar-refractivity contribution is 0.0106. The lowest BCUT2D eigenvalue weighted by Gasteiger charge is -1.16. The zero-order chi connectivity index (χ0) is 5.41. The first-order valence-corrected chi connectivity index (χ1v) is 1.03. The predicted octanol–water partition coefficient (Wildman–Crippen LogP) is -0.991. The van der Waals surface area contributed by atoms with E-state index < -0.39 is 0 Å². The number of rotatable bonds is 0. The van der Waals surface area contributed by atoms with Gasteiger partial charge >= 0.3 is 0 Å². The minimum Gasteiger partial charge on any atom is -0.412 e. The van der Waals surface area contributed by atoms with Crippen LogP contribution in [0.5, 0.6) is 0 Å². The molecule has 0 heterocycles. The summed E-state index contributed by atoms with van der Waals surface area (Å²) in [6.45, 7) is 5.33. The van der Waals surface area contributed by atoms with E-state index in [1.807, 2.05) is 0 Å². The minimum absolute atomic E-state index is 0.